The molecule has 348 valence electrons. The number of rotatable bonds is 14. The molecule has 4 aromatic heterocycles. The van der Waals surface area contributed by atoms with E-state index in [0.29, 0.717) is 17.9 Å². The number of para-hydroxylation sites is 1. The summed E-state index contributed by atoms with van der Waals surface area (Å²) in [6.45, 7) is 7.50. The van der Waals surface area contributed by atoms with Crippen LogP contribution in [0, 0.1) is 23.5 Å². The first-order valence-corrected chi connectivity index (χ1v) is 24.4. The molecule has 0 N–H and O–H groups in total. The fourth-order valence-corrected chi connectivity index (χ4v) is 11.6. The van der Waals surface area contributed by atoms with E-state index in [1.54, 1.807) is 60.4 Å². The molecule has 4 aliphatic rings. The maximum Gasteiger partial charge on any atom is 0.416 e. The third-order valence-corrected chi connectivity index (χ3v) is 15.4. The SMILES string of the molecule is Cn1c(SCCCN2CC3CCN(c4c(F)cccc4F)C3C2)nnc1-c1cccnc1.Cn1c(SCCCN2C[C@H]3CCN(c4ccc(C(F)(F)F)cc4)[C@H]3C2)nnc1-c1cccnc1. The normalized spacial score (nSPS) is 20.8. The zero-order chi connectivity index (χ0) is 45.8. The predicted octanol–water partition coefficient (Wildman–Crippen LogP) is 8.44. The van der Waals surface area contributed by atoms with E-state index < -0.39 is 23.4 Å². The van der Waals surface area contributed by atoms with Gasteiger partial charge in [-0.15, -0.1) is 20.4 Å². The van der Waals surface area contributed by atoms with Crippen LogP contribution in [-0.2, 0) is 20.3 Å². The van der Waals surface area contributed by atoms with Gasteiger partial charge in [-0.05, 0) is 111 Å². The fourth-order valence-electron chi connectivity index (χ4n) is 9.94. The molecule has 0 amide bonds. The van der Waals surface area contributed by atoms with E-state index >= 15 is 0 Å². The molecule has 0 radical (unpaired) electrons. The summed E-state index contributed by atoms with van der Waals surface area (Å²) in [5.41, 5.74) is 2.35. The first-order valence-electron chi connectivity index (χ1n) is 22.5. The lowest BCUT2D eigenvalue weighted by Gasteiger charge is -2.27. The quantitative estimate of drug-likeness (QED) is 0.0596. The first kappa shape index (κ1) is 46.0. The lowest BCUT2D eigenvalue weighted by Crippen LogP contribution is -2.36. The minimum atomic E-state index is -4.29. The highest BCUT2D eigenvalue weighted by atomic mass is 32.2. The summed E-state index contributed by atoms with van der Waals surface area (Å²) < 4.78 is 71.3. The highest BCUT2D eigenvalue weighted by Crippen LogP contribution is 2.39. The van der Waals surface area contributed by atoms with Crippen LogP contribution in [0.15, 0.2) is 102 Å². The molecule has 4 atom stereocenters. The van der Waals surface area contributed by atoms with Crippen molar-refractivity contribution in [2.75, 3.05) is 73.7 Å². The second kappa shape index (κ2) is 20.4. The summed E-state index contributed by atoms with van der Waals surface area (Å²) in [5, 5.41) is 19.1. The van der Waals surface area contributed by atoms with E-state index in [1.165, 1.54) is 30.3 Å². The van der Waals surface area contributed by atoms with Gasteiger partial charge in [-0.1, -0.05) is 29.6 Å². The Bertz CT molecular complexity index is 2510. The number of halogens is 5. The Morgan fingerprint density at radius 3 is 1.59 bits per heavy atom. The van der Waals surface area contributed by atoms with Crippen molar-refractivity contribution in [3.8, 4) is 22.8 Å². The number of fused-ring (bicyclic) bond motifs is 2. The van der Waals surface area contributed by atoms with Crippen molar-refractivity contribution >= 4 is 34.9 Å². The van der Waals surface area contributed by atoms with Crippen LogP contribution in [0.25, 0.3) is 22.8 Å². The molecule has 10 rings (SSSR count). The number of hydrogen-bond acceptors (Lipinski definition) is 12. The van der Waals surface area contributed by atoms with E-state index in [0.717, 1.165) is 128 Å². The smallest absolute Gasteiger partial charge is 0.367 e. The average molecular weight is 945 g/mol. The third kappa shape index (κ3) is 10.2. The molecule has 6 aromatic rings. The van der Waals surface area contributed by atoms with E-state index in [1.807, 2.05) is 52.4 Å². The maximum atomic E-state index is 14.3. The first-order chi connectivity index (χ1) is 32.0. The molecule has 12 nitrogen and oxygen atoms in total. The topological polar surface area (TPSA) is 100 Å². The molecule has 0 aliphatic carbocycles. The number of aromatic nitrogens is 8. The largest absolute Gasteiger partial charge is 0.416 e. The number of likely N-dealkylation sites (tertiary alicyclic amines) is 2. The van der Waals surface area contributed by atoms with Crippen LogP contribution in [-0.4, -0.2) is 125 Å². The van der Waals surface area contributed by atoms with Gasteiger partial charge in [0.05, 0.1) is 5.56 Å². The minimum absolute atomic E-state index is 0.143. The molecular formula is C47H53F5N12S2. The molecule has 2 unspecified atom stereocenters. The Kier molecular flexibility index (Phi) is 14.2. The Hall–Kier alpha value is -5.11. The second-order valence-corrected chi connectivity index (χ2v) is 19.5. The van der Waals surface area contributed by atoms with Crippen molar-refractivity contribution in [2.24, 2.45) is 25.9 Å². The number of alkyl halides is 3. The Morgan fingerprint density at radius 2 is 1.11 bits per heavy atom. The van der Waals surface area contributed by atoms with Gasteiger partial charge < -0.3 is 28.7 Å². The predicted molar refractivity (Wildman–Crippen MR) is 248 cm³/mol. The van der Waals surface area contributed by atoms with Gasteiger partial charge in [-0.25, -0.2) is 8.78 Å². The maximum absolute atomic E-state index is 14.3. The molecule has 0 bridgehead atoms. The van der Waals surface area contributed by atoms with Crippen LogP contribution >= 0.6 is 23.5 Å². The summed E-state index contributed by atoms with van der Waals surface area (Å²) in [5.74, 6) is 3.65. The number of nitrogens with zero attached hydrogens (tertiary/aromatic N) is 12. The van der Waals surface area contributed by atoms with E-state index in [-0.39, 0.29) is 11.7 Å². The number of anilines is 2. The Labute approximate surface area is 390 Å². The van der Waals surface area contributed by atoms with Crippen molar-refractivity contribution in [3.63, 3.8) is 0 Å². The van der Waals surface area contributed by atoms with Gasteiger partial charge >= 0.3 is 6.18 Å². The van der Waals surface area contributed by atoms with Crippen molar-refractivity contribution in [1.82, 2.24) is 49.3 Å². The van der Waals surface area contributed by atoms with Gasteiger partial charge in [-0.2, -0.15) is 13.2 Å². The molecule has 66 heavy (non-hydrogen) atoms. The van der Waals surface area contributed by atoms with Gasteiger partial charge in [0, 0.05) is 119 Å². The summed E-state index contributed by atoms with van der Waals surface area (Å²) >= 11 is 3.41. The highest BCUT2D eigenvalue weighted by Gasteiger charge is 2.43. The molecule has 2 aromatic carbocycles. The van der Waals surface area contributed by atoms with Crippen LogP contribution in [0.4, 0.5) is 33.3 Å². The van der Waals surface area contributed by atoms with E-state index in [2.05, 4.69) is 45.1 Å². The van der Waals surface area contributed by atoms with Gasteiger partial charge in [-0.3, -0.25) is 9.97 Å². The number of thioether (sulfide) groups is 2. The van der Waals surface area contributed by atoms with Crippen LogP contribution in [0.1, 0.15) is 31.2 Å². The molecule has 4 aliphatic heterocycles. The molecule has 4 saturated heterocycles. The van der Waals surface area contributed by atoms with Crippen LogP contribution < -0.4 is 9.80 Å². The van der Waals surface area contributed by atoms with Crippen molar-refractivity contribution < 1.29 is 22.0 Å². The third-order valence-electron chi connectivity index (χ3n) is 13.2. The Morgan fingerprint density at radius 1 is 0.606 bits per heavy atom. The van der Waals surface area contributed by atoms with Crippen LogP contribution in [0.5, 0.6) is 0 Å². The molecule has 4 fully saturated rings. The molecule has 0 saturated carbocycles. The number of hydrogen-bond donors (Lipinski definition) is 0. The lowest BCUT2D eigenvalue weighted by molar-refractivity contribution is -0.137. The summed E-state index contributed by atoms with van der Waals surface area (Å²) in [6.07, 6.45) is 6.91. The van der Waals surface area contributed by atoms with E-state index in [9.17, 15) is 22.0 Å². The molecule has 8 heterocycles. The highest BCUT2D eigenvalue weighted by molar-refractivity contribution is 7.99. The second-order valence-electron chi connectivity index (χ2n) is 17.4. The van der Waals surface area contributed by atoms with Gasteiger partial charge in [0.25, 0.3) is 0 Å². The number of pyridine rings is 2. The minimum Gasteiger partial charge on any atom is -0.367 e. The lowest BCUT2D eigenvalue weighted by atomic mass is 10.0. The van der Waals surface area contributed by atoms with Crippen LogP contribution in [0.2, 0.25) is 0 Å². The summed E-state index contributed by atoms with van der Waals surface area (Å²) in [6, 6.07) is 18.1. The standard InChI is InChI=1S/C24H27F3N6S.C23H26F2N6S/c1-31-22(17-4-2-10-28-14-17)29-30-23(31)34-13-3-11-32-15-18-9-12-33(21(18)16-32)20-7-5-19(6-8-20)24(25,26)27;1-29-22(16-5-3-9-26-13-16)27-28-23(29)32-12-4-10-30-14-17-8-11-31(20(17)15-30)21-18(24)6-2-7-19(21)25/h2,4-8,10,14,18,21H,3,9,11-13,15-16H2,1H3;2-3,5-7,9,13,17,20H,4,8,10-12,14-15H2,1H3/t18-,21+;/m1./s1. The molecular weight excluding hydrogens is 892 g/mol. The average Bonchev–Trinajstić information content (AvgIpc) is 4.18. The molecule has 19 heteroatoms. The van der Waals surface area contributed by atoms with E-state index in [4.69, 9.17) is 0 Å². The monoisotopic (exact) mass is 944 g/mol. The van der Waals surface area contributed by atoms with Crippen molar-refractivity contribution in [3.05, 3.63) is 109 Å². The van der Waals surface area contributed by atoms with Gasteiger partial charge in [0.1, 0.15) is 17.3 Å². The van der Waals surface area contributed by atoms with Crippen LogP contribution in [0.3, 0.4) is 0 Å². The zero-order valence-electron chi connectivity index (χ0n) is 36.9. The molecule has 0 spiro atoms. The zero-order valence-corrected chi connectivity index (χ0v) is 38.6. The fraction of sp³-hybridized carbons (Fsp3) is 0.447. The van der Waals surface area contributed by atoms with Gasteiger partial charge in [0.2, 0.25) is 0 Å². The Balaban J connectivity index is 0.000000166. The number of benzene rings is 2. The van der Waals surface area contributed by atoms with Crippen molar-refractivity contribution in [1.29, 1.82) is 0 Å². The van der Waals surface area contributed by atoms with Crippen molar-refractivity contribution in [2.45, 2.75) is 54.3 Å². The summed E-state index contributed by atoms with van der Waals surface area (Å²) in [4.78, 5) is 17.5. The van der Waals surface area contributed by atoms with Gasteiger partial charge in [0.15, 0.2) is 22.0 Å². The summed E-state index contributed by atoms with van der Waals surface area (Å²) in [7, 11) is 3.95.